The van der Waals surface area contributed by atoms with Crippen LogP contribution in [0.2, 0.25) is 0 Å². The Morgan fingerprint density at radius 3 is 2.92 bits per heavy atom. The molecule has 0 unspecified atom stereocenters. The van der Waals surface area contributed by atoms with E-state index in [-0.39, 0.29) is 23.9 Å². The zero-order chi connectivity index (χ0) is 17.1. The lowest BCUT2D eigenvalue weighted by Crippen LogP contribution is -2.48. The number of hydrogen-bond acceptors (Lipinski definition) is 3. The van der Waals surface area contributed by atoms with Crippen molar-refractivity contribution in [2.45, 2.75) is 39.3 Å². The molecule has 3 saturated heterocycles. The Balaban J connectivity index is 1.64. The van der Waals surface area contributed by atoms with Gasteiger partial charge in [-0.2, -0.15) is 0 Å². The third-order valence-electron chi connectivity index (χ3n) is 4.77. The highest BCUT2D eigenvalue weighted by atomic mass is 32.1. The van der Waals surface area contributed by atoms with Crippen LogP contribution in [0.25, 0.3) is 0 Å². The van der Waals surface area contributed by atoms with E-state index in [9.17, 15) is 9.59 Å². The summed E-state index contributed by atoms with van der Waals surface area (Å²) in [5.74, 6) is 0.152. The molecule has 4 rings (SSSR count). The average Bonchev–Trinajstić information content (AvgIpc) is 2.92. The number of amides is 3. The van der Waals surface area contributed by atoms with Crippen molar-refractivity contribution in [3.05, 3.63) is 34.0 Å². The van der Waals surface area contributed by atoms with Crippen molar-refractivity contribution in [3.63, 3.8) is 0 Å². The molecule has 0 radical (unpaired) electrons. The second kappa shape index (κ2) is 7.38. The number of fused-ring (bicyclic) bond motifs is 4. The maximum absolute atomic E-state index is 12.7. The highest BCUT2D eigenvalue weighted by Crippen LogP contribution is 2.29. The van der Waals surface area contributed by atoms with Crippen LogP contribution in [0, 0.1) is 5.92 Å². The van der Waals surface area contributed by atoms with E-state index in [4.69, 9.17) is 0 Å². The summed E-state index contributed by atoms with van der Waals surface area (Å²) in [4.78, 5) is 30.1. The maximum atomic E-state index is 12.7. The van der Waals surface area contributed by atoms with Crippen LogP contribution >= 0.6 is 11.3 Å². The largest absolute Gasteiger partial charge is 0.334 e. The molecule has 4 heterocycles. The Bertz CT molecular complexity index is 622. The Kier molecular flexibility index (Phi) is 5.23. The first-order valence-electron chi connectivity index (χ1n) is 8.53. The molecule has 5 nitrogen and oxygen atoms in total. The molecular weight excluding hydrogens is 322 g/mol. The van der Waals surface area contributed by atoms with Crippen LogP contribution in [0.5, 0.6) is 0 Å². The van der Waals surface area contributed by atoms with E-state index in [1.165, 1.54) is 5.57 Å². The van der Waals surface area contributed by atoms with Gasteiger partial charge in [-0.1, -0.05) is 17.7 Å². The Morgan fingerprint density at radius 1 is 1.38 bits per heavy atom. The number of piperidine rings is 1. The Hall–Kier alpha value is -1.82. The first-order valence-corrected chi connectivity index (χ1v) is 9.41. The summed E-state index contributed by atoms with van der Waals surface area (Å²) in [6.45, 7) is 6.48. The van der Waals surface area contributed by atoms with E-state index >= 15 is 0 Å². The lowest BCUT2D eigenvalue weighted by molar-refractivity contribution is -0.139. The molecule has 0 saturated carbocycles. The molecule has 2 atom stereocenters. The minimum Gasteiger partial charge on any atom is -0.334 e. The molecule has 2 bridgehead atoms. The summed E-state index contributed by atoms with van der Waals surface area (Å²) in [7, 11) is 0. The summed E-state index contributed by atoms with van der Waals surface area (Å²) in [6, 6.07) is 4.08. The van der Waals surface area contributed by atoms with Gasteiger partial charge in [0.15, 0.2) is 0 Å². The molecule has 24 heavy (non-hydrogen) atoms. The molecule has 1 aromatic rings. The minimum absolute atomic E-state index is 0.0539. The number of carbonyl (C=O) groups excluding carboxylic acids is 2. The molecular formula is C18H25N3O2S. The van der Waals surface area contributed by atoms with Crippen LogP contribution in [0.4, 0.5) is 4.79 Å². The monoisotopic (exact) mass is 347 g/mol. The number of carbonyl (C=O) groups is 2. The Morgan fingerprint density at radius 2 is 2.21 bits per heavy atom. The standard InChI is InChI=1S/C18H25N3O2S/c1-13(2)7-8-21-15-6-5-14(17(21)22)11-20(12-15)18(23)19-10-16-4-3-9-24-16/h3-4,7,9,14-15H,5-6,8,10-12H2,1-2H3,(H,19,23)/t14-,15+/m0/s1. The van der Waals surface area contributed by atoms with Crippen molar-refractivity contribution in [3.8, 4) is 0 Å². The van der Waals surface area contributed by atoms with Gasteiger partial charge in [-0.3, -0.25) is 4.79 Å². The highest BCUT2D eigenvalue weighted by Gasteiger charge is 2.41. The van der Waals surface area contributed by atoms with Gasteiger partial charge in [0.1, 0.15) is 0 Å². The van der Waals surface area contributed by atoms with Crippen molar-refractivity contribution in [1.82, 2.24) is 15.1 Å². The SMILES string of the molecule is CC(C)=CCN1C(=O)[C@H]2CC[C@@H]1CN(C(=O)NCc1cccs1)C2. The molecule has 0 spiro atoms. The van der Waals surface area contributed by atoms with Crippen LogP contribution in [0.1, 0.15) is 31.6 Å². The van der Waals surface area contributed by atoms with E-state index in [0.717, 1.165) is 17.7 Å². The summed E-state index contributed by atoms with van der Waals surface area (Å²) in [6.07, 6.45) is 3.98. The van der Waals surface area contributed by atoms with Gasteiger partial charge in [-0.05, 0) is 38.1 Å². The second-order valence-electron chi connectivity index (χ2n) is 6.84. The summed E-state index contributed by atoms with van der Waals surface area (Å²) < 4.78 is 0. The van der Waals surface area contributed by atoms with Crippen LogP contribution in [-0.4, -0.2) is 47.4 Å². The first kappa shape index (κ1) is 17.0. The number of thiophene rings is 1. The predicted octanol–water partition coefficient (Wildman–Crippen LogP) is 2.85. The van der Waals surface area contributed by atoms with Crippen LogP contribution in [0.3, 0.4) is 0 Å². The van der Waals surface area contributed by atoms with Gasteiger partial charge in [0, 0.05) is 30.6 Å². The Labute approximate surface area is 147 Å². The second-order valence-corrected chi connectivity index (χ2v) is 7.88. The van der Waals surface area contributed by atoms with Crippen LogP contribution in [0.15, 0.2) is 29.2 Å². The van der Waals surface area contributed by atoms with Gasteiger partial charge in [-0.25, -0.2) is 4.79 Å². The third-order valence-corrected chi connectivity index (χ3v) is 5.65. The first-order chi connectivity index (χ1) is 11.5. The smallest absolute Gasteiger partial charge is 0.317 e. The van der Waals surface area contributed by atoms with Crippen molar-refractivity contribution >= 4 is 23.3 Å². The van der Waals surface area contributed by atoms with Gasteiger partial charge in [0.2, 0.25) is 5.91 Å². The quantitative estimate of drug-likeness (QED) is 0.852. The zero-order valence-corrected chi connectivity index (χ0v) is 15.1. The third kappa shape index (κ3) is 3.80. The molecule has 6 heteroatoms. The number of rotatable bonds is 4. The van der Waals surface area contributed by atoms with Gasteiger partial charge in [-0.15, -0.1) is 11.3 Å². The van der Waals surface area contributed by atoms with E-state index in [1.54, 1.807) is 11.3 Å². The fourth-order valence-corrected chi connectivity index (χ4v) is 4.06. The molecule has 3 aliphatic heterocycles. The predicted molar refractivity (Wildman–Crippen MR) is 95.8 cm³/mol. The fourth-order valence-electron chi connectivity index (χ4n) is 3.42. The van der Waals surface area contributed by atoms with Crippen molar-refractivity contribution in [2.75, 3.05) is 19.6 Å². The molecule has 3 amide bonds. The van der Waals surface area contributed by atoms with E-state index < -0.39 is 0 Å². The van der Waals surface area contributed by atoms with Gasteiger partial charge < -0.3 is 15.1 Å². The summed E-state index contributed by atoms with van der Waals surface area (Å²) >= 11 is 1.64. The molecule has 0 aromatic carbocycles. The maximum Gasteiger partial charge on any atom is 0.317 e. The van der Waals surface area contributed by atoms with Crippen molar-refractivity contribution < 1.29 is 9.59 Å². The normalized spacial score (nSPS) is 23.2. The van der Waals surface area contributed by atoms with Crippen molar-refractivity contribution in [1.29, 1.82) is 0 Å². The topological polar surface area (TPSA) is 52.7 Å². The summed E-state index contributed by atoms with van der Waals surface area (Å²) in [5.41, 5.74) is 1.22. The molecule has 1 aromatic heterocycles. The molecule has 3 aliphatic rings. The number of nitrogens with one attached hydrogen (secondary N) is 1. The fraction of sp³-hybridized carbons (Fsp3) is 0.556. The number of hydrogen-bond donors (Lipinski definition) is 1. The van der Waals surface area contributed by atoms with Crippen molar-refractivity contribution in [2.24, 2.45) is 5.92 Å². The lowest BCUT2D eigenvalue weighted by Gasteiger charge is -2.35. The van der Waals surface area contributed by atoms with E-state index in [0.29, 0.717) is 26.2 Å². The van der Waals surface area contributed by atoms with E-state index in [1.807, 2.05) is 41.2 Å². The molecule has 130 valence electrons. The van der Waals surface area contributed by atoms with Crippen LogP contribution in [-0.2, 0) is 11.3 Å². The zero-order valence-electron chi connectivity index (χ0n) is 14.3. The van der Waals surface area contributed by atoms with E-state index in [2.05, 4.69) is 11.4 Å². The lowest BCUT2D eigenvalue weighted by atomic mass is 9.94. The van der Waals surface area contributed by atoms with Gasteiger partial charge in [0.05, 0.1) is 12.5 Å². The number of urea groups is 1. The minimum atomic E-state index is -0.0582. The van der Waals surface area contributed by atoms with Crippen LogP contribution < -0.4 is 5.32 Å². The molecule has 3 fully saturated rings. The van der Waals surface area contributed by atoms with Gasteiger partial charge in [0.25, 0.3) is 0 Å². The summed E-state index contributed by atoms with van der Waals surface area (Å²) in [5, 5.41) is 4.99. The number of allylic oxidation sites excluding steroid dienone is 1. The average molecular weight is 347 g/mol. The highest BCUT2D eigenvalue weighted by molar-refractivity contribution is 7.09. The molecule has 0 aliphatic carbocycles. The number of nitrogens with zero attached hydrogens (tertiary/aromatic N) is 2. The van der Waals surface area contributed by atoms with Gasteiger partial charge >= 0.3 is 6.03 Å². The molecule has 1 N–H and O–H groups in total.